The predicted octanol–water partition coefficient (Wildman–Crippen LogP) is 4.57. The second-order valence-corrected chi connectivity index (χ2v) is 12.5. The Morgan fingerprint density at radius 2 is 1.56 bits per heavy atom. The molecular formula is C33H46N4O6. The zero-order chi connectivity index (χ0) is 31.6. The number of H-pyrrole nitrogens is 1. The van der Waals surface area contributed by atoms with Crippen LogP contribution in [-0.4, -0.2) is 56.7 Å². The molecule has 4 rings (SSSR count). The van der Waals surface area contributed by atoms with E-state index in [4.69, 9.17) is 4.99 Å². The maximum absolute atomic E-state index is 12.5. The van der Waals surface area contributed by atoms with Crippen LogP contribution < -0.4 is 10.6 Å². The van der Waals surface area contributed by atoms with Crippen molar-refractivity contribution in [2.45, 2.75) is 105 Å². The van der Waals surface area contributed by atoms with Crippen LogP contribution >= 0.6 is 0 Å². The highest BCUT2D eigenvalue weighted by Crippen LogP contribution is 2.37. The summed E-state index contributed by atoms with van der Waals surface area (Å²) in [4.78, 5) is 56.5. The number of carbonyl (C=O) groups excluding carboxylic acids is 2. The molecule has 10 heteroatoms. The van der Waals surface area contributed by atoms with Crippen LogP contribution in [0.15, 0.2) is 21.8 Å². The van der Waals surface area contributed by atoms with Gasteiger partial charge in [0.25, 0.3) is 0 Å². The molecule has 0 bridgehead atoms. The van der Waals surface area contributed by atoms with E-state index in [1.165, 1.54) is 0 Å². The van der Waals surface area contributed by atoms with Gasteiger partial charge in [-0.3, -0.25) is 24.2 Å². The first-order valence-corrected chi connectivity index (χ1v) is 15.6. The van der Waals surface area contributed by atoms with E-state index in [1.807, 2.05) is 33.8 Å². The molecule has 0 saturated carbocycles. The van der Waals surface area contributed by atoms with Crippen LogP contribution in [0, 0.1) is 30.6 Å². The molecule has 0 radical (unpaired) electrons. The van der Waals surface area contributed by atoms with E-state index in [9.17, 15) is 29.4 Å². The van der Waals surface area contributed by atoms with Gasteiger partial charge in [-0.25, -0.2) is 0 Å². The highest BCUT2D eigenvalue weighted by atomic mass is 16.4. The van der Waals surface area contributed by atoms with Crippen LogP contribution in [0.4, 0.5) is 0 Å². The van der Waals surface area contributed by atoms with Gasteiger partial charge in [0.15, 0.2) is 0 Å². The minimum Gasteiger partial charge on any atom is -0.481 e. The lowest BCUT2D eigenvalue weighted by Crippen LogP contribution is -2.31. The van der Waals surface area contributed by atoms with Gasteiger partial charge in [-0.15, -0.1) is 0 Å². The number of hydrogen-bond donors (Lipinski definition) is 5. The summed E-state index contributed by atoms with van der Waals surface area (Å²) in [6, 6.07) is -0.0650. The van der Waals surface area contributed by atoms with Crippen molar-refractivity contribution in [3.63, 3.8) is 0 Å². The van der Waals surface area contributed by atoms with Crippen LogP contribution in [0.1, 0.15) is 95.7 Å². The highest BCUT2D eigenvalue weighted by molar-refractivity contribution is 6.06. The molecule has 6 atom stereocenters. The summed E-state index contributed by atoms with van der Waals surface area (Å²) in [6.45, 7) is 12.1. The molecule has 0 spiro atoms. The Morgan fingerprint density at radius 3 is 2.16 bits per heavy atom. The quantitative estimate of drug-likeness (QED) is 0.225. The number of nitrogens with one attached hydrogen (secondary N) is 3. The number of amides is 2. The molecule has 6 unspecified atom stereocenters. The van der Waals surface area contributed by atoms with Gasteiger partial charge in [-0.1, -0.05) is 34.1 Å². The minimum absolute atomic E-state index is 0.0237. The minimum atomic E-state index is -0.894. The van der Waals surface area contributed by atoms with Crippen LogP contribution in [0.3, 0.4) is 0 Å². The van der Waals surface area contributed by atoms with Gasteiger partial charge in [0.2, 0.25) is 11.8 Å². The lowest BCUT2D eigenvalue weighted by Gasteiger charge is -2.19. The molecule has 1 aromatic heterocycles. The number of carboxylic acids is 2. The summed E-state index contributed by atoms with van der Waals surface area (Å²) < 4.78 is 0. The molecule has 1 aromatic rings. The average molecular weight is 595 g/mol. The number of rotatable bonds is 13. The number of aromatic nitrogens is 1. The molecule has 3 aliphatic rings. The summed E-state index contributed by atoms with van der Waals surface area (Å²) in [5, 5.41) is 25.2. The second-order valence-electron chi connectivity index (χ2n) is 12.5. The topological polar surface area (TPSA) is 161 Å². The molecule has 2 fully saturated rings. The van der Waals surface area contributed by atoms with Gasteiger partial charge < -0.3 is 25.8 Å². The Balaban J connectivity index is 1.71. The van der Waals surface area contributed by atoms with E-state index in [0.717, 1.165) is 52.2 Å². The van der Waals surface area contributed by atoms with E-state index >= 15 is 0 Å². The number of allylic oxidation sites excluding steroid dienone is 2. The monoisotopic (exact) mass is 594 g/mol. The summed E-state index contributed by atoms with van der Waals surface area (Å²) in [7, 11) is 0. The Morgan fingerprint density at radius 1 is 0.907 bits per heavy atom. The maximum atomic E-state index is 12.5. The third-order valence-corrected chi connectivity index (χ3v) is 10.0. The molecule has 234 valence electrons. The summed E-state index contributed by atoms with van der Waals surface area (Å²) >= 11 is 0. The van der Waals surface area contributed by atoms with Crippen LogP contribution in [0.2, 0.25) is 0 Å². The van der Waals surface area contributed by atoms with E-state index in [2.05, 4.69) is 29.5 Å². The number of aliphatic carboxylic acids is 2. The number of carboxylic acid groups (broad SMARTS) is 2. The zero-order valence-corrected chi connectivity index (χ0v) is 26.2. The average Bonchev–Trinajstić information content (AvgIpc) is 3.59. The molecule has 5 N–H and O–H groups in total. The SMILES string of the molecule is CCC1C(=O)NC(Cc2[nH]c(/C=C3\N=C(CC4NC(=O)C(C)C4CC)C(C)=C3CCC(=O)O)c(CCC(=O)O)c2C)C1C. The van der Waals surface area contributed by atoms with Crippen LogP contribution in [0.25, 0.3) is 6.08 Å². The first-order valence-electron chi connectivity index (χ1n) is 15.6. The Labute approximate surface area is 253 Å². The smallest absolute Gasteiger partial charge is 0.303 e. The van der Waals surface area contributed by atoms with Crippen molar-refractivity contribution in [3.8, 4) is 0 Å². The van der Waals surface area contributed by atoms with Crippen molar-refractivity contribution in [2.24, 2.45) is 28.7 Å². The Kier molecular flexibility index (Phi) is 9.97. The van der Waals surface area contributed by atoms with E-state index in [1.54, 1.807) is 0 Å². The first kappa shape index (κ1) is 32.2. The normalized spacial score (nSPS) is 28.0. The third kappa shape index (κ3) is 6.78. The van der Waals surface area contributed by atoms with Crippen molar-refractivity contribution in [3.05, 3.63) is 39.4 Å². The van der Waals surface area contributed by atoms with Crippen molar-refractivity contribution >= 4 is 35.5 Å². The fourth-order valence-electron chi connectivity index (χ4n) is 7.23. The number of aromatic amines is 1. The molecule has 43 heavy (non-hydrogen) atoms. The van der Waals surface area contributed by atoms with Crippen molar-refractivity contribution < 1.29 is 29.4 Å². The summed E-state index contributed by atoms with van der Waals surface area (Å²) in [5.74, 6) is -1.38. The van der Waals surface area contributed by atoms with Gasteiger partial charge in [0.1, 0.15) is 0 Å². The number of carbonyl (C=O) groups is 4. The van der Waals surface area contributed by atoms with Crippen LogP contribution in [0.5, 0.6) is 0 Å². The van der Waals surface area contributed by atoms with Gasteiger partial charge in [0.05, 0.1) is 5.70 Å². The van der Waals surface area contributed by atoms with E-state index < -0.39 is 11.9 Å². The van der Waals surface area contributed by atoms with E-state index in [-0.39, 0.29) is 60.4 Å². The highest BCUT2D eigenvalue weighted by Gasteiger charge is 2.40. The predicted molar refractivity (Wildman–Crippen MR) is 165 cm³/mol. The van der Waals surface area contributed by atoms with Gasteiger partial charge in [-0.05, 0) is 73.3 Å². The van der Waals surface area contributed by atoms with Crippen molar-refractivity contribution in [1.29, 1.82) is 0 Å². The van der Waals surface area contributed by atoms with Crippen LogP contribution in [-0.2, 0) is 32.0 Å². The largest absolute Gasteiger partial charge is 0.481 e. The fraction of sp³-hybridized carbons (Fsp3) is 0.606. The van der Waals surface area contributed by atoms with Gasteiger partial charge >= 0.3 is 11.9 Å². The molecule has 10 nitrogen and oxygen atoms in total. The third-order valence-electron chi connectivity index (χ3n) is 10.0. The van der Waals surface area contributed by atoms with E-state index in [0.29, 0.717) is 31.4 Å². The number of nitrogens with zero attached hydrogens (tertiary/aromatic N) is 1. The summed E-state index contributed by atoms with van der Waals surface area (Å²) in [5.41, 5.74) is 6.85. The Bertz CT molecular complexity index is 1390. The standard InChI is InChI=1S/C33H46N4O6/c1-7-20-19(6)32(42)37-27(20)14-25-18(5)23(10-12-31(40)41)29(35-25)15-28-22(9-11-30(38)39)17(4)24(34-28)13-26-16(3)21(8-2)33(43)36-26/h15-16,19-21,26-27,34H,7-14H2,1-6H3,(H,36,43)(H,37,42)(H,38,39)(H,40,41)/b29-15-. The molecule has 2 saturated heterocycles. The lowest BCUT2D eigenvalue weighted by molar-refractivity contribution is -0.138. The van der Waals surface area contributed by atoms with Gasteiger partial charge in [0, 0.05) is 66.7 Å². The second kappa shape index (κ2) is 13.3. The number of aliphatic imine (C=N–C) groups is 1. The summed E-state index contributed by atoms with van der Waals surface area (Å²) in [6.07, 6.45) is 5.30. The molecule has 4 heterocycles. The number of hydrogen-bond acceptors (Lipinski definition) is 5. The first-order chi connectivity index (χ1) is 20.4. The molecule has 0 aromatic carbocycles. The molecular weight excluding hydrogens is 548 g/mol. The molecule has 0 aliphatic carbocycles. The molecule has 3 aliphatic heterocycles. The maximum Gasteiger partial charge on any atom is 0.303 e. The van der Waals surface area contributed by atoms with Crippen molar-refractivity contribution in [1.82, 2.24) is 15.6 Å². The Hall–Kier alpha value is -3.69. The van der Waals surface area contributed by atoms with Gasteiger partial charge in [-0.2, -0.15) is 0 Å². The van der Waals surface area contributed by atoms with Crippen molar-refractivity contribution in [2.75, 3.05) is 0 Å². The lowest BCUT2D eigenvalue weighted by atomic mass is 9.86. The fourth-order valence-corrected chi connectivity index (χ4v) is 7.23. The zero-order valence-electron chi connectivity index (χ0n) is 26.2. The molecule has 2 amide bonds.